The van der Waals surface area contributed by atoms with E-state index >= 15 is 0 Å². The highest BCUT2D eigenvalue weighted by Gasteiger charge is 2.06. The van der Waals surface area contributed by atoms with Gasteiger partial charge in [-0.1, -0.05) is 34.1 Å². The van der Waals surface area contributed by atoms with Crippen LogP contribution in [-0.4, -0.2) is 19.0 Å². The van der Waals surface area contributed by atoms with Crippen LogP contribution in [0.2, 0.25) is 0 Å². The quantitative estimate of drug-likeness (QED) is 0.792. The number of benzene rings is 1. The average Bonchev–Trinajstić information content (AvgIpc) is 2.34. The van der Waals surface area contributed by atoms with Gasteiger partial charge in [0.25, 0.3) is 0 Å². The van der Waals surface area contributed by atoms with E-state index in [4.69, 9.17) is 0 Å². The van der Waals surface area contributed by atoms with Gasteiger partial charge in [-0.3, -0.25) is 4.79 Å². The van der Waals surface area contributed by atoms with E-state index in [9.17, 15) is 4.79 Å². The van der Waals surface area contributed by atoms with E-state index in [-0.39, 0.29) is 11.9 Å². The SMILES string of the molecule is C=CCNC(=O)CNC(C)c1ccc(Br)cc1. The second-order valence-corrected chi connectivity index (χ2v) is 4.66. The maximum absolute atomic E-state index is 11.4. The Morgan fingerprint density at radius 1 is 1.47 bits per heavy atom. The summed E-state index contributed by atoms with van der Waals surface area (Å²) in [5.41, 5.74) is 1.16. The summed E-state index contributed by atoms with van der Waals surface area (Å²) in [6, 6.07) is 8.20. The van der Waals surface area contributed by atoms with Crippen LogP contribution in [0.3, 0.4) is 0 Å². The van der Waals surface area contributed by atoms with Crippen LogP contribution >= 0.6 is 15.9 Å². The Labute approximate surface area is 110 Å². The molecule has 0 fully saturated rings. The van der Waals surface area contributed by atoms with E-state index < -0.39 is 0 Å². The fourth-order valence-electron chi connectivity index (χ4n) is 1.36. The molecule has 1 amide bonds. The Morgan fingerprint density at radius 2 is 2.12 bits per heavy atom. The van der Waals surface area contributed by atoms with Gasteiger partial charge in [-0.15, -0.1) is 6.58 Å². The van der Waals surface area contributed by atoms with Gasteiger partial charge in [0.2, 0.25) is 5.91 Å². The van der Waals surface area contributed by atoms with E-state index in [0.29, 0.717) is 13.1 Å². The zero-order valence-corrected chi connectivity index (χ0v) is 11.5. The normalized spacial score (nSPS) is 11.9. The summed E-state index contributed by atoms with van der Waals surface area (Å²) < 4.78 is 1.05. The minimum atomic E-state index is -0.0196. The number of rotatable bonds is 6. The molecule has 0 bridgehead atoms. The highest BCUT2D eigenvalue weighted by atomic mass is 79.9. The number of hydrogen-bond donors (Lipinski definition) is 2. The molecule has 1 atom stereocenters. The number of halogens is 1. The fraction of sp³-hybridized carbons (Fsp3) is 0.308. The first-order valence-electron chi connectivity index (χ1n) is 5.50. The van der Waals surface area contributed by atoms with Crippen molar-refractivity contribution in [3.63, 3.8) is 0 Å². The van der Waals surface area contributed by atoms with Crippen molar-refractivity contribution in [3.8, 4) is 0 Å². The van der Waals surface area contributed by atoms with Gasteiger partial charge < -0.3 is 10.6 Å². The Bertz CT molecular complexity index is 376. The standard InChI is InChI=1S/C13H17BrN2O/c1-3-8-15-13(17)9-16-10(2)11-4-6-12(14)7-5-11/h3-7,10,16H,1,8-9H2,2H3,(H,15,17). The number of carbonyl (C=O) groups is 1. The van der Waals surface area contributed by atoms with Gasteiger partial charge in [0.1, 0.15) is 0 Å². The molecule has 0 heterocycles. The van der Waals surface area contributed by atoms with Crippen LogP contribution in [0.15, 0.2) is 41.4 Å². The van der Waals surface area contributed by atoms with Crippen molar-refractivity contribution in [2.24, 2.45) is 0 Å². The van der Waals surface area contributed by atoms with Gasteiger partial charge in [0.15, 0.2) is 0 Å². The maximum atomic E-state index is 11.4. The summed E-state index contributed by atoms with van der Waals surface area (Å²) in [6.45, 7) is 6.39. The molecule has 1 aromatic rings. The minimum Gasteiger partial charge on any atom is -0.352 e. The molecule has 0 aliphatic heterocycles. The molecule has 0 saturated carbocycles. The molecule has 2 N–H and O–H groups in total. The summed E-state index contributed by atoms with van der Waals surface area (Å²) in [5, 5.41) is 5.89. The first-order chi connectivity index (χ1) is 8.13. The Kier molecular flexibility index (Phi) is 5.94. The zero-order chi connectivity index (χ0) is 12.7. The zero-order valence-electron chi connectivity index (χ0n) is 9.87. The largest absolute Gasteiger partial charge is 0.352 e. The second kappa shape index (κ2) is 7.25. The molecule has 1 aromatic carbocycles. The smallest absolute Gasteiger partial charge is 0.234 e. The predicted molar refractivity (Wildman–Crippen MR) is 73.8 cm³/mol. The minimum absolute atomic E-state index is 0.0196. The van der Waals surface area contributed by atoms with Crippen molar-refractivity contribution >= 4 is 21.8 Å². The fourth-order valence-corrected chi connectivity index (χ4v) is 1.63. The third-order valence-electron chi connectivity index (χ3n) is 2.38. The van der Waals surface area contributed by atoms with Crippen molar-refractivity contribution in [2.75, 3.05) is 13.1 Å². The average molecular weight is 297 g/mol. The number of amides is 1. The van der Waals surface area contributed by atoms with E-state index in [0.717, 1.165) is 10.0 Å². The molecule has 4 heteroatoms. The number of nitrogens with one attached hydrogen (secondary N) is 2. The van der Waals surface area contributed by atoms with Crippen LogP contribution in [0.4, 0.5) is 0 Å². The van der Waals surface area contributed by atoms with Crippen molar-refractivity contribution in [1.82, 2.24) is 10.6 Å². The van der Waals surface area contributed by atoms with Gasteiger partial charge in [-0.25, -0.2) is 0 Å². The molecule has 92 valence electrons. The first kappa shape index (κ1) is 13.9. The topological polar surface area (TPSA) is 41.1 Å². The molecule has 17 heavy (non-hydrogen) atoms. The molecule has 0 aromatic heterocycles. The monoisotopic (exact) mass is 296 g/mol. The van der Waals surface area contributed by atoms with Crippen LogP contribution in [-0.2, 0) is 4.79 Å². The van der Waals surface area contributed by atoms with Crippen LogP contribution in [0.5, 0.6) is 0 Å². The van der Waals surface area contributed by atoms with Crippen LogP contribution in [0.1, 0.15) is 18.5 Å². The molecule has 0 aliphatic rings. The Balaban J connectivity index is 2.39. The van der Waals surface area contributed by atoms with Crippen molar-refractivity contribution in [1.29, 1.82) is 0 Å². The molecule has 1 unspecified atom stereocenters. The predicted octanol–water partition coefficient (Wildman–Crippen LogP) is 2.40. The second-order valence-electron chi connectivity index (χ2n) is 3.75. The van der Waals surface area contributed by atoms with Gasteiger partial charge in [-0.2, -0.15) is 0 Å². The molecule has 1 rings (SSSR count). The molecule has 0 radical (unpaired) electrons. The molecule has 0 spiro atoms. The van der Waals surface area contributed by atoms with Gasteiger partial charge in [-0.05, 0) is 24.6 Å². The lowest BCUT2D eigenvalue weighted by molar-refractivity contribution is -0.120. The molecule has 0 saturated heterocycles. The van der Waals surface area contributed by atoms with E-state index in [1.54, 1.807) is 6.08 Å². The van der Waals surface area contributed by atoms with Gasteiger partial charge in [0, 0.05) is 17.1 Å². The van der Waals surface area contributed by atoms with Crippen molar-refractivity contribution in [3.05, 3.63) is 47.0 Å². The van der Waals surface area contributed by atoms with Crippen LogP contribution in [0.25, 0.3) is 0 Å². The van der Waals surface area contributed by atoms with Gasteiger partial charge >= 0.3 is 0 Å². The first-order valence-corrected chi connectivity index (χ1v) is 6.29. The summed E-state index contributed by atoms with van der Waals surface area (Å²) in [6.07, 6.45) is 1.66. The van der Waals surface area contributed by atoms with E-state index in [2.05, 4.69) is 33.1 Å². The lowest BCUT2D eigenvalue weighted by atomic mass is 10.1. The van der Waals surface area contributed by atoms with Crippen molar-refractivity contribution in [2.45, 2.75) is 13.0 Å². The van der Waals surface area contributed by atoms with Gasteiger partial charge in [0.05, 0.1) is 6.54 Å². The third-order valence-corrected chi connectivity index (χ3v) is 2.91. The summed E-state index contributed by atoms with van der Waals surface area (Å²) >= 11 is 3.39. The lowest BCUT2D eigenvalue weighted by Crippen LogP contribution is -2.35. The Morgan fingerprint density at radius 3 is 2.71 bits per heavy atom. The van der Waals surface area contributed by atoms with Crippen molar-refractivity contribution < 1.29 is 4.79 Å². The third kappa shape index (κ3) is 5.15. The number of carbonyl (C=O) groups excluding carboxylic acids is 1. The van der Waals surface area contributed by atoms with Crippen LogP contribution in [0, 0.1) is 0 Å². The summed E-state index contributed by atoms with van der Waals surface area (Å²) in [7, 11) is 0. The Hall–Kier alpha value is -1.13. The summed E-state index contributed by atoms with van der Waals surface area (Å²) in [5.74, 6) is -0.0196. The molecular formula is C13H17BrN2O. The van der Waals surface area contributed by atoms with E-state index in [1.807, 2.05) is 31.2 Å². The maximum Gasteiger partial charge on any atom is 0.234 e. The molecular weight excluding hydrogens is 280 g/mol. The molecule has 0 aliphatic carbocycles. The highest BCUT2D eigenvalue weighted by molar-refractivity contribution is 9.10. The van der Waals surface area contributed by atoms with E-state index in [1.165, 1.54) is 0 Å². The number of hydrogen-bond acceptors (Lipinski definition) is 2. The lowest BCUT2D eigenvalue weighted by Gasteiger charge is -2.14. The van der Waals surface area contributed by atoms with Crippen LogP contribution < -0.4 is 10.6 Å². The highest BCUT2D eigenvalue weighted by Crippen LogP contribution is 2.16. The summed E-state index contributed by atoms with van der Waals surface area (Å²) in [4.78, 5) is 11.4. The molecule has 3 nitrogen and oxygen atoms in total.